The van der Waals surface area contributed by atoms with E-state index in [1.807, 2.05) is 13.8 Å². The Morgan fingerprint density at radius 1 is 0.615 bits per heavy atom. The Balaban J connectivity index is 6.08. The van der Waals surface area contributed by atoms with Gasteiger partial charge in [0.05, 0.1) is 18.9 Å². The Morgan fingerprint density at radius 2 is 0.974 bits per heavy atom. The summed E-state index contributed by atoms with van der Waals surface area (Å²) in [6.45, 7) is 32.1. The van der Waals surface area contributed by atoms with Crippen LogP contribution in [0.15, 0.2) is 24.3 Å². The smallest absolute Gasteiger partial charge is 0.460 e. The fraction of sp³-hybridized carbons (Fsp3) is 0.769. The molecule has 0 aliphatic carbocycles. The molecule has 2 atom stereocenters. The minimum Gasteiger partial charge on any atom is -0.460 e. The molecule has 0 radical (unpaired) electrons. The van der Waals surface area contributed by atoms with E-state index in [2.05, 4.69) is 65.5 Å². The van der Waals surface area contributed by atoms with Crippen LogP contribution in [0.5, 0.6) is 0 Å². The minimum absolute atomic E-state index is 0.0942. The first-order chi connectivity index (χ1) is 17.7. The summed E-state index contributed by atoms with van der Waals surface area (Å²) in [5, 5.41) is 0. The van der Waals surface area contributed by atoms with Crippen molar-refractivity contribution in [2.75, 3.05) is 26.4 Å². The maximum atomic E-state index is 11.8. The predicted octanol–water partition coefficient (Wildman–Crippen LogP) is 5.76. The second kappa shape index (κ2) is 16.5. The van der Waals surface area contributed by atoms with Crippen LogP contribution in [-0.4, -0.2) is 83.6 Å². The lowest BCUT2D eigenvalue weighted by molar-refractivity contribution is -0.141. The first-order valence-corrected chi connectivity index (χ1v) is 25.3. The lowest BCUT2D eigenvalue weighted by atomic mass is 10.4. The van der Waals surface area contributed by atoms with Crippen molar-refractivity contribution in [1.82, 2.24) is 0 Å². The van der Waals surface area contributed by atoms with E-state index in [1.165, 1.54) is 0 Å². The van der Waals surface area contributed by atoms with Gasteiger partial charge in [-0.05, 0) is 79.1 Å². The molecule has 0 aromatic rings. The van der Waals surface area contributed by atoms with Crippen LogP contribution < -0.4 is 0 Å². The summed E-state index contributed by atoms with van der Waals surface area (Å²) in [5.41, 5.74) is 0.0477. The quantitative estimate of drug-likeness (QED) is 0.0727. The average molecular weight is 623 g/mol. The summed E-state index contributed by atoms with van der Waals surface area (Å²) in [7, 11) is -10.4. The van der Waals surface area contributed by atoms with Gasteiger partial charge in [-0.15, -0.1) is 0 Å². The van der Waals surface area contributed by atoms with Gasteiger partial charge in [0, 0.05) is 11.1 Å². The number of hydrogen-bond donors (Lipinski definition) is 0. The molecule has 0 fully saturated rings. The van der Waals surface area contributed by atoms with E-state index in [1.54, 1.807) is 13.8 Å². The average Bonchev–Trinajstić information content (AvgIpc) is 2.75. The van der Waals surface area contributed by atoms with E-state index < -0.39 is 51.4 Å². The first kappa shape index (κ1) is 38.1. The van der Waals surface area contributed by atoms with Gasteiger partial charge in [0.2, 0.25) is 8.32 Å². The molecule has 0 saturated heterocycles. The molecule has 0 bridgehead atoms. The van der Waals surface area contributed by atoms with Crippen LogP contribution in [0.3, 0.4) is 0 Å². The Labute approximate surface area is 241 Å². The molecule has 9 nitrogen and oxygen atoms in total. The molecule has 39 heavy (non-hydrogen) atoms. The molecule has 0 N–H and O–H groups in total. The Bertz CT molecular complexity index is 803. The molecule has 0 rings (SSSR count). The molecule has 2 unspecified atom stereocenters. The van der Waals surface area contributed by atoms with Gasteiger partial charge >= 0.3 is 20.7 Å². The van der Waals surface area contributed by atoms with Crippen molar-refractivity contribution in [3.8, 4) is 0 Å². The Morgan fingerprint density at radius 3 is 1.28 bits per heavy atom. The van der Waals surface area contributed by atoms with Crippen molar-refractivity contribution in [2.24, 2.45) is 0 Å². The van der Waals surface area contributed by atoms with Crippen LogP contribution in [-0.2, 0) is 40.9 Å². The normalized spacial score (nSPS) is 14.5. The molecule has 0 spiro atoms. The van der Waals surface area contributed by atoms with E-state index >= 15 is 0 Å². The third-order valence-electron chi connectivity index (χ3n) is 5.18. The van der Waals surface area contributed by atoms with Crippen LogP contribution in [0, 0.1) is 0 Å². The van der Waals surface area contributed by atoms with E-state index in [9.17, 15) is 9.59 Å². The van der Waals surface area contributed by atoms with Gasteiger partial charge in [-0.25, -0.2) is 9.59 Å². The molecule has 0 aromatic heterocycles. The fourth-order valence-corrected chi connectivity index (χ4v) is 19.5. The summed E-state index contributed by atoms with van der Waals surface area (Å²) in [5.74, 6) is -0.886. The highest BCUT2D eigenvalue weighted by atomic mass is 28.5. The molecule has 13 heteroatoms. The molecular weight excluding hydrogens is 569 g/mol. The largest absolute Gasteiger partial charge is 0.500 e. The molecule has 228 valence electrons. The summed E-state index contributed by atoms with van der Waals surface area (Å²) >= 11 is 0. The first-order valence-electron chi connectivity index (χ1n) is 13.7. The number of esters is 2. The van der Waals surface area contributed by atoms with E-state index in [4.69, 9.17) is 31.3 Å². The fourth-order valence-electron chi connectivity index (χ4n) is 3.72. The van der Waals surface area contributed by atoms with E-state index in [0.717, 1.165) is 0 Å². The summed E-state index contributed by atoms with van der Waals surface area (Å²) in [6, 6.07) is 0. The molecular formula is C26H54O9Si4. The highest BCUT2D eigenvalue weighted by molar-refractivity contribution is 6.91. The third kappa shape index (κ3) is 15.0. The van der Waals surface area contributed by atoms with E-state index in [-0.39, 0.29) is 32.2 Å². The van der Waals surface area contributed by atoms with Gasteiger partial charge in [0.15, 0.2) is 16.6 Å². The van der Waals surface area contributed by atoms with Crippen molar-refractivity contribution < 1.29 is 40.9 Å². The van der Waals surface area contributed by atoms with Crippen molar-refractivity contribution in [3.05, 3.63) is 24.3 Å². The highest BCUT2D eigenvalue weighted by Crippen LogP contribution is 2.33. The third-order valence-corrected chi connectivity index (χ3v) is 19.1. The van der Waals surface area contributed by atoms with Gasteiger partial charge in [0.25, 0.3) is 0 Å². The Kier molecular flexibility index (Phi) is 16.1. The molecule has 0 amide bonds. The van der Waals surface area contributed by atoms with E-state index in [0.29, 0.717) is 24.0 Å². The van der Waals surface area contributed by atoms with Crippen molar-refractivity contribution in [2.45, 2.75) is 104 Å². The van der Waals surface area contributed by atoms with Crippen LogP contribution >= 0.6 is 0 Å². The molecule has 0 aliphatic rings. The van der Waals surface area contributed by atoms with Crippen LogP contribution in [0.25, 0.3) is 0 Å². The Hall–Kier alpha value is -0.912. The van der Waals surface area contributed by atoms with Crippen molar-refractivity contribution in [3.63, 3.8) is 0 Å². The van der Waals surface area contributed by atoms with Crippen molar-refractivity contribution >= 4 is 45.7 Å². The SMILES string of the molecule is C=C(C)C(=O)OCCOC(CC)[Si](C)(C)O[Si](O[Si](C)(C)C)(O[Si](C)(C)C)C(CC)OCCOC(=O)C(=C)C. The van der Waals surface area contributed by atoms with Crippen LogP contribution in [0.2, 0.25) is 52.4 Å². The van der Waals surface area contributed by atoms with Crippen molar-refractivity contribution in [1.29, 1.82) is 0 Å². The summed E-state index contributed by atoms with van der Waals surface area (Å²) in [4.78, 5) is 23.6. The lowest BCUT2D eigenvalue weighted by Crippen LogP contribution is -2.69. The number of carbonyl (C=O) groups excluding carboxylic acids is 2. The maximum Gasteiger partial charge on any atom is 0.500 e. The van der Waals surface area contributed by atoms with Gasteiger partial charge in [-0.3, -0.25) is 0 Å². The maximum absolute atomic E-state index is 11.8. The molecule has 0 saturated carbocycles. The van der Waals surface area contributed by atoms with Crippen LogP contribution in [0.1, 0.15) is 40.5 Å². The predicted molar refractivity (Wildman–Crippen MR) is 165 cm³/mol. The van der Waals surface area contributed by atoms with Gasteiger partial charge in [-0.1, -0.05) is 27.0 Å². The molecule has 0 aromatic carbocycles. The van der Waals surface area contributed by atoms with Crippen LogP contribution in [0.4, 0.5) is 0 Å². The van der Waals surface area contributed by atoms with Gasteiger partial charge in [0.1, 0.15) is 18.9 Å². The zero-order valence-electron chi connectivity index (χ0n) is 26.5. The topological polar surface area (TPSA) is 98.8 Å². The molecule has 0 aliphatic heterocycles. The number of rotatable bonds is 20. The zero-order chi connectivity index (χ0) is 30.7. The zero-order valence-corrected chi connectivity index (χ0v) is 30.5. The summed E-state index contributed by atoms with van der Waals surface area (Å²) in [6.07, 6.45) is 1.32. The highest BCUT2D eigenvalue weighted by Gasteiger charge is 2.58. The lowest BCUT2D eigenvalue weighted by Gasteiger charge is -2.47. The minimum atomic E-state index is -3.46. The number of carbonyl (C=O) groups is 2. The van der Waals surface area contributed by atoms with Gasteiger partial charge < -0.3 is 31.3 Å². The summed E-state index contributed by atoms with van der Waals surface area (Å²) < 4.78 is 43.9. The molecule has 0 heterocycles. The monoisotopic (exact) mass is 622 g/mol. The van der Waals surface area contributed by atoms with Gasteiger partial charge in [-0.2, -0.15) is 0 Å². The second-order valence-corrected chi connectivity index (χ2v) is 28.7. The number of ether oxygens (including phenoxy) is 4. The standard InChI is InChI=1S/C26H54O9Si4/c1-15-23(29-17-19-31-25(27)21(3)4)38(13,14)35-39(33-36(7,8)9,34-37(10,11)12)24(16-2)30-18-20-32-26(28)22(5)6/h23-24H,3,5,15-20H2,1-2,4,6-14H3. The number of hydrogen-bond acceptors (Lipinski definition) is 9. The second-order valence-electron chi connectivity index (χ2n) is 12.1.